The van der Waals surface area contributed by atoms with Gasteiger partial charge < -0.3 is 16.2 Å². The molecule has 5 N–H and O–H groups in total. The molecule has 0 heterocycles. The topological polar surface area (TPSA) is 133 Å². The highest BCUT2D eigenvalue weighted by atomic mass is 32.2. The Balaban J connectivity index is 0.00000190. The fourth-order valence-corrected chi connectivity index (χ4v) is 3.34. The van der Waals surface area contributed by atoms with Crippen molar-refractivity contribution in [1.29, 1.82) is 5.41 Å². The van der Waals surface area contributed by atoms with E-state index >= 15 is 0 Å². The average molecular weight is 406 g/mol. The van der Waals surface area contributed by atoms with Crippen LogP contribution in [0.15, 0.2) is 48.5 Å². The number of benzene rings is 2. The minimum Gasteiger partial charge on any atom is -0.481 e. The molecule has 0 aliphatic rings. The van der Waals surface area contributed by atoms with Crippen molar-refractivity contribution in [3.05, 3.63) is 59.7 Å². The lowest BCUT2D eigenvalue weighted by atomic mass is 9.80. The van der Waals surface area contributed by atoms with Gasteiger partial charge in [-0.15, -0.1) is 0 Å². The van der Waals surface area contributed by atoms with Gasteiger partial charge in [-0.05, 0) is 11.6 Å². The number of nitrogens with two attached hydrogens (primary N) is 1. The minimum atomic E-state index is -3.54. The molecular weight excluding hydrogens is 378 g/mol. The van der Waals surface area contributed by atoms with Crippen LogP contribution in [0.5, 0.6) is 0 Å². The first-order valence-electron chi connectivity index (χ1n) is 8.84. The van der Waals surface area contributed by atoms with Gasteiger partial charge in [0.25, 0.3) is 0 Å². The summed E-state index contributed by atoms with van der Waals surface area (Å²) in [5.74, 6) is -2.63. The maximum atomic E-state index is 11.6. The van der Waals surface area contributed by atoms with E-state index in [1.165, 1.54) is 13.0 Å². The van der Waals surface area contributed by atoms with E-state index < -0.39 is 27.8 Å². The number of hydrogen-bond acceptors (Lipinski definition) is 5. The second-order valence-corrected chi connectivity index (χ2v) is 7.82. The normalized spacial score (nSPS) is 12.9. The highest BCUT2D eigenvalue weighted by Gasteiger charge is 2.30. The number of aliphatic carboxylic acids is 1. The maximum absolute atomic E-state index is 11.6. The summed E-state index contributed by atoms with van der Waals surface area (Å²) < 4.78 is 25.3. The van der Waals surface area contributed by atoms with Crippen LogP contribution in [0, 0.1) is 11.3 Å². The highest BCUT2D eigenvalue weighted by molar-refractivity contribution is 7.92. The number of nitrogen functional groups attached to an aromatic ring is 1. The monoisotopic (exact) mass is 405 g/mol. The van der Waals surface area contributed by atoms with Gasteiger partial charge in [-0.2, -0.15) is 0 Å². The van der Waals surface area contributed by atoms with Crippen molar-refractivity contribution in [3.8, 4) is 0 Å². The summed E-state index contributed by atoms with van der Waals surface area (Å²) in [4.78, 5) is 11.6. The highest BCUT2D eigenvalue weighted by Crippen LogP contribution is 2.33. The fraction of sp³-hybridized carbons (Fsp3) is 0.300. The smallest absolute Gasteiger partial charge is 0.307 e. The minimum absolute atomic E-state index is 0.0146. The summed E-state index contributed by atoms with van der Waals surface area (Å²) in [6.45, 7) is 5.53. The molecule has 2 atom stereocenters. The Labute approximate surface area is 166 Å². The van der Waals surface area contributed by atoms with Crippen LogP contribution in [0.1, 0.15) is 37.8 Å². The van der Waals surface area contributed by atoms with E-state index in [0.717, 1.165) is 6.26 Å². The number of carboxylic acids is 1. The number of carbonyl (C=O) groups is 1. The van der Waals surface area contributed by atoms with Gasteiger partial charge in [0.05, 0.1) is 23.5 Å². The Hall–Kier alpha value is -2.87. The first-order chi connectivity index (χ1) is 13.1. The largest absolute Gasteiger partial charge is 0.481 e. The van der Waals surface area contributed by atoms with Crippen molar-refractivity contribution in [1.82, 2.24) is 0 Å². The van der Waals surface area contributed by atoms with Crippen LogP contribution in [-0.4, -0.2) is 31.5 Å². The second-order valence-electron chi connectivity index (χ2n) is 6.07. The first kappa shape index (κ1) is 23.2. The summed E-state index contributed by atoms with van der Waals surface area (Å²) in [6, 6.07) is 13.5. The lowest BCUT2D eigenvalue weighted by molar-refractivity contribution is -0.141. The molecule has 2 aromatic carbocycles. The third kappa shape index (κ3) is 5.82. The first-order valence-corrected chi connectivity index (χ1v) is 10.7. The van der Waals surface area contributed by atoms with E-state index in [4.69, 9.17) is 11.1 Å². The predicted molar refractivity (Wildman–Crippen MR) is 113 cm³/mol. The number of nitrogens with one attached hydrogen (secondary N) is 2. The molecular formula is C20H27N3O4S. The number of anilines is 2. The molecule has 0 saturated heterocycles. The van der Waals surface area contributed by atoms with Crippen LogP contribution >= 0.6 is 0 Å². The molecule has 0 radical (unpaired) electrons. The SMILES string of the molecule is CC.CC(C(=O)O)C(C(=N)c1cccc(NS(C)(=O)=O)c1N)c1ccccc1. The van der Waals surface area contributed by atoms with E-state index in [1.54, 1.807) is 42.5 Å². The zero-order valence-electron chi connectivity index (χ0n) is 16.4. The Morgan fingerprint density at radius 2 is 1.68 bits per heavy atom. The van der Waals surface area contributed by atoms with Crippen molar-refractivity contribution in [2.45, 2.75) is 26.7 Å². The van der Waals surface area contributed by atoms with Crippen LogP contribution in [0.4, 0.5) is 11.4 Å². The lowest BCUT2D eigenvalue weighted by Crippen LogP contribution is -2.27. The number of carboxylic acid groups (broad SMARTS) is 1. The molecule has 7 nitrogen and oxygen atoms in total. The van der Waals surface area contributed by atoms with Gasteiger partial charge in [-0.3, -0.25) is 9.52 Å². The Morgan fingerprint density at radius 1 is 1.11 bits per heavy atom. The number of para-hydroxylation sites is 1. The van der Waals surface area contributed by atoms with Crippen molar-refractivity contribution >= 4 is 33.1 Å². The molecule has 0 amide bonds. The molecule has 0 saturated carbocycles. The Morgan fingerprint density at radius 3 is 2.18 bits per heavy atom. The molecule has 0 fully saturated rings. The molecule has 2 rings (SSSR count). The van der Waals surface area contributed by atoms with Crippen molar-refractivity contribution in [2.24, 2.45) is 5.92 Å². The fourth-order valence-electron chi connectivity index (χ4n) is 2.76. The summed E-state index contributed by atoms with van der Waals surface area (Å²) in [5, 5.41) is 18.1. The lowest BCUT2D eigenvalue weighted by Gasteiger charge is -2.24. The van der Waals surface area contributed by atoms with Crippen LogP contribution in [0.25, 0.3) is 0 Å². The Kier molecular flexibility index (Phi) is 8.18. The Bertz CT molecular complexity index is 928. The molecule has 152 valence electrons. The van der Waals surface area contributed by atoms with Gasteiger partial charge in [-0.1, -0.05) is 63.2 Å². The third-order valence-electron chi connectivity index (χ3n) is 4.05. The van der Waals surface area contributed by atoms with E-state index in [2.05, 4.69) is 4.72 Å². The van der Waals surface area contributed by atoms with E-state index in [9.17, 15) is 18.3 Å². The second kappa shape index (κ2) is 9.89. The quantitative estimate of drug-likeness (QED) is 0.413. The molecule has 28 heavy (non-hydrogen) atoms. The summed E-state index contributed by atoms with van der Waals surface area (Å²) in [6.07, 6.45) is 1.00. The van der Waals surface area contributed by atoms with Gasteiger partial charge >= 0.3 is 5.97 Å². The zero-order chi connectivity index (χ0) is 21.5. The van der Waals surface area contributed by atoms with E-state index in [1.807, 2.05) is 13.8 Å². The summed E-state index contributed by atoms with van der Waals surface area (Å²) in [7, 11) is -3.54. The standard InChI is InChI=1S/C18H21N3O4S.C2H6/c1-11(18(22)23)15(12-7-4-3-5-8-12)17(20)13-9-6-10-14(16(13)19)21-26(2,24)25;1-2/h3-11,15,20-21H,19H2,1-2H3,(H,22,23);1-2H3. The summed E-state index contributed by atoms with van der Waals surface area (Å²) in [5.41, 5.74) is 7.29. The molecule has 0 aliphatic carbocycles. The molecule has 2 aromatic rings. The van der Waals surface area contributed by atoms with Crippen molar-refractivity contribution in [3.63, 3.8) is 0 Å². The maximum Gasteiger partial charge on any atom is 0.307 e. The van der Waals surface area contributed by atoms with Crippen molar-refractivity contribution < 1.29 is 18.3 Å². The van der Waals surface area contributed by atoms with E-state index in [-0.39, 0.29) is 17.1 Å². The number of sulfonamides is 1. The number of hydrogen-bond donors (Lipinski definition) is 4. The van der Waals surface area contributed by atoms with Crippen LogP contribution in [-0.2, 0) is 14.8 Å². The number of rotatable bonds is 7. The molecule has 8 heteroatoms. The third-order valence-corrected chi connectivity index (χ3v) is 4.64. The van der Waals surface area contributed by atoms with Gasteiger partial charge in [0, 0.05) is 17.2 Å². The van der Waals surface area contributed by atoms with Gasteiger partial charge in [-0.25, -0.2) is 8.42 Å². The molecule has 0 bridgehead atoms. The van der Waals surface area contributed by atoms with Gasteiger partial charge in [0.1, 0.15) is 0 Å². The van der Waals surface area contributed by atoms with Crippen molar-refractivity contribution in [2.75, 3.05) is 16.7 Å². The molecule has 0 spiro atoms. The zero-order valence-corrected chi connectivity index (χ0v) is 17.2. The summed E-state index contributed by atoms with van der Waals surface area (Å²) >= 11 is 0. The van der Waals surface area contributed by atoms with Crippen LogP contribution in [0.2, 0.25) is 0 Å². The van der Waals surface area contributed by atoms with Crippen LogP contribution in [0.3, 0.4) is 0 Å². The van der Waals surface area contributed by atoms with Gasteiger partial charge in [0.15, 0.2) is 0 Å². The van der Waals surface area contributed by atoms with Crippen LogP contribution < -0.4 is 10.5 Å². The predicted octanol–water partition coefficient (Wildman–Crippen LogP) is 3.54. The molecule has 2 unspecified atom stereocenters. The molecule has 0 aliphatic heterocycles. The van der Waals surface area contributed by atoms with Gasteiger partial charge in [0.2, 0.25) is 10.0 Å². The average Bonchev–Trinajstić information content (AvgIpc) is 2.65. The van der Waals surface area contributed by atoms with E-state index in [0.29, 0.717) is 11.1 Å². The molecule has 0 aromatic heterocycles.